The van der Waals surface area contributed by atoms with Crippen molar-refractivity contribution < 1.29 is 0 Å². The smallest absolute Gasteiger partial charge is 0.179 e. The van der Waals surface area contributed by atoms with Crippen LogP contribution in [0.1, 0.15) is 19.7 Å². The molecule has 5 heteroatoms. The van der Waals surface area contributed by atoms with Crippen molar-refractivity contribution in [2.45, 2.75) is 26.4 Å². The van der Waals surface area contributed by atoms with Crippen LogP contribution in [0.2, 0.25) is 0 Å². The van der Waals surface area contributed by atoms with Crippen molar-refractivity contribution in [3.8, 4) is 0 Å². The molecular weight excluding hydrogens is 178 g/mol. The van der Waals surface area contributed by atoms with E-state index in [4.69, 9.17) is 0 Å². The SMILES string of the molecule is CC(C)NCc1nnc2cnccn12. The van der Waals surface area contributed by atoms with E-state index in [0.717, 1.165) is 18.0 Å². The number of hydrogen-bond acceptors (Lipinski definition) is 4. The Morgan fingerprint density at radius 1 is 1.43 bits per heavy atom. The molecule has 0 unspecified atom stereocenters. The molecule has 0 aliphatic carbocycles. The third-order valence-electron chi connectivity index (χ3n) is 1.95. The van der Waals surface area contributed by atoms with Crippen molar-refractivity contribution in [3.05, 3.63) is 24.4 Å². The molecule has 0 radical (unpaired) electrons. The highest BCUT2D eigenvalue weighted by molar-refractivity contribution is 5.33. The Bertz CT molecular complexity index is 420. The van der Waals surface area contributed by atoms with Crippen LogP contribution in [-0.2, 0) is 6.54 Å². The Morgan fingerprint density at radius 3 is 3.07 bits per heavy atom. The van der Waals surface area contributed by atoms with Gasteiger partial charge in [-0.3, -0.25) is 9.38 Å². The first kappa shape index (κ1) is 9.08. The number of rotatable bonds is 3. The zero-order valence-corrected chi connectivity index (χ0v) is 8.31. The van der Waals surface area contributed by atoms with Crippen LogP contribution in [-0.4, -0.2) is 25.6 Å². The first-order valence-electron chi connectivity index (χ1n) is 4.64. The second-order valence-electron chi connectivity index (χ2n) is 3.46. The zero-order chi connectivity index (χ0) is 9.97. The Hall–Kier alpha value is -1.49. The highest BCUT2D eigenvalue weighted by Crippen LogP contribution is 2.00. The highest BCUT2D eigenvalue weighted by atomic mass is 15.3. The van der Waals surface area contributed by atoms with Gasteiger partial charge in [-0.15, -0.1) is 10.2 Å². The summed E-state index contributed by atoms with van der Waals surface area (Å²) in [5.41, 5.74) is 0.785. The van der Waals surface area contributed by atoms with Gasteiger partial charge in [0.2, 0.25) is 0 Å². The van der Waals surface area contributed by atoms with E-state index in [2.05, 4.69) is 34.3 Å². The van der Waals surface area contributed by atoms with E-state index < -0.39 is 0 Å². The summed E-state index contributed by atoms with van der Waals surface area (Å²) in [7, 11) is 0. The van der Waals surface area contributed by atoms with Gasteiger partial charge in [0.05, 0.1) is 12.7 Å². The average molecular weight is 191 g/mol. The van der Waals surface area contributed by atoms with E-state index in [1.165, 1.54) is 0 Å². The predicted molar refractivity (Wildman–Crippen MR) is 52.8 cm³/mol. The van der Waals surface area contributed by atoms with Crippen LogP contribution in [0.15, 0.2) is 18.6 Å². The summed E-state index contributed by atoms with van der Waals surface area (Å²) < 4.78 is 1.93. The van der Waals surface area contributed by atoms with Crippen LogP contribution < -0.4 is 5.32 Å². The molecule has 1 N–H and O–H groups in total. The first-order valence-corrected chi connectivity index (χ1v) is 4.64. The van der Waals surface area contributed by atoms with E-state index in [0.29, 0.717) is 6.04 Å². The molecule has 2 rings (SSSR count). The van der Waals surface area contributed by atoms with Crippen LogP contribution in [0.5, 0.6) is 0 Å². The maximum Gasteiger partial charge on any atom is 0.179 e. The summed E-state index contributed by atoms with van der Waals surface area (Å²) >= 11 is 0. The van der Waals surface area contributed by atoms with Crippen LogP contribution in [0.4, 0.5) is 0 Å². The third-order valence-corrected chi connectivity index (χ3v) is 1.95. The van der Waals surface area contributed by atoms with E-state index in [1.807, 2.05) is 10.6 Å². The van der Waals surface area contributed by atoms with Gasteiger partial charge in [-0.25, -0.2) is 0 Å². The Balaban J connectivity index is 2.25. The van der Waals surface area contributed by atoms with Gasteiger partial charge in [-0.1, -0.05) is 13.8 Å². The quantitative estimate of drug-likeness (QED) is 0.772. The minimum Gasteiger partial charge on any atom is -0.308 e. The monoisotopic (exact) mass is 191 g/mol. The van der Waals surface area contributed by atoms with Gasteiger partial charge in [-0.2, -0.15) is 0 Å². The van der Waals surface area contributed by atoms with E-state index in [9.17, 15) is 0 Å². The number of nitrogens with zero attached hydrogens (tertiary/aromatic N) is 4. The van der Waals surface area contributed by atoms with Gasteiger partial charge < -0.3 is 5.32 Å². The topological polar surface area (TPSA) is 55.1 Å². The van der Waals surface area contributed by atoms with E-state index >= 15 is 0 Å². The summed E-state index contributed by atoms with van der Waals surface area (Å²) in [5, 5.41) is 11.4. The molecule has 2 aromatic heterocycles. The number of aromatic nitrogens is 4. The molecule has 0 amide bonds. The molecular formula is C9H13N5. The molecule has 0 saturated heterocycles. The molecule has 0 aromatic carbocycles. The van der Waals surface area contributed by atoms with E-state index in [1.54, 1.807) is 12.4 Å². The lowest BCUT2D eigenvalue weighted by Crippen LogP contribution is -2.23. The molecule has 0 aliphatic rings. The highest BCUT2D eigenvalue weighted by Gasteiger charge is 2.04. The van der Waals surface area contributed by atoms with Crippen LogP contribution in [0, 0.1) is 0 Å². The third kappa shape index (κ3) is 1.72. The number of nitrogens with one attached hydrogen (secondary N) is 1. The molecule has 0 fully saturated rings. The fraction of sp³-hybridized carbons (Fsp3) is 0.444. The van der Waals surface area contributed by atoms with Gasteiger partial charge in [0.25, 0.3) is 0 Å². The summed E-state index contributed by atoms with van der Waals surface area (Å²) in [6.45, 7) is 4.93. The second-order valence-corrected chi connectivity index (χ2v) is 3.46. The lowest BCUT2D eigenvalue weighted by atomic mass is 10.4. The molecule has 5 nitrogen and oxygen atoms in total. The molecule has 2 heterocycles. The van der Waals surface area contributed by atoms with Gasteiger partial charge in [0.15, 0.2) is 11.5 Å². The van der Waals surface area contributed by atoms with E-state index in [-0.39, 0.29) is 0 Å². The molecule has 74 valence electrons. The average Bonchev–Trinajstić information content (AvgIpc) is 2.58. The van der Waals surface area contributed by atoms with Crippen molar-refractivity contribution in [3.63, 3.8) is 0 Å². The van der Waals surface area contributed by atoms with Gasteiger partial charge >= 0.3 is 0 Å². The number of fused-ring (bicyclic) bond motifs is 1. The lowest BCUT2D eigenvalue weighted by molar-refractivity contribution is 0.569. The van der Waals surface area contributed by atoms with Crippen molar-refractivity contribution in [1.29, 1.82) is 0 Å². The summed E-state index contributed by atoms with van der Waals surface area (Å²) in [5.74, 6) is 0.913. The normalized spacial score (nSPS) is 11.4. The maximum atomic E-state index is 4.08. The lowest BCUT2D eigenvalue weighted by Gasteiger charge is -2.05. The molecule has 0 spiro atoms. The molecule has 0 aliphatic heterocycles. The summed E-state index contributed by atoms with van der Waals surface area (Å²) in [6.07, 6.45) is 5.30. The van der Waals surface area contributed by atoms with Crippen LogP contribution in [0.3, 0.4) is 0 Å². The van der Waals surface area contributed by atoms with Gasteiger partial charge in [0, 0.05) is 18.4 Å². The Labute approximate surface area is 82.2 Å². The first-order chi connectivity index (χ1) is 6.77. The molecule has 0 bridgehead atoms. The van der Waals surface area contributed by atoms with Crippen LogP contribution in [0.25, 0.3) is 5.65 Å². The molecule has 14 heavy (non-hydrogen) atoms. The Kier molecular flexibility index (Phi) is 2.41. The van der Waals surface area contributed by atoms with Gasteiger partial charge in [-0.05, 0) is 0 Å². The van der Waals surface area contributed by atoms with Crippen molar-refractivity contribution in [2.75, 3.05) is 0 Å². The molecule has 2 aromatic rings. The standard InChI is InChI=1S/C9H13N5/c1-7(2)11-6-9-13-12-8-5-10-3-4-14(8)9/h3-5,7,11H,6H2,1-2H3. The summed E-state index contributed by atoms with van der Waals surface area (Å²) in [4.78, 5) is 3.98. The minimum absolute atomic E-state index is 0.448. The van der Waals surface area contributed by atoms with Crippen molar-refractivity contribution in [2.24, 2.45) is 0 Å². The zero-order valence-electron chi connectivity index (χ0n) is 8.31. The Morgan fingerprint density at radius 2 is 2.29 bits per heavy atom. The van der Waals surface area contributed by atoms with Crippen molar-refractivity contribution >= 4 is 5.65 Å². The fourth-order valence-corrected chi connectivity index (χ4v) is 1.22. The second kappa shape index (κ2) is 3.71. The van der Waals surface area contributed by atoms with Crippen molar-refractivity contribution in [1.82, 2.24) is 24.9 Å². The largest absolute Gasteiger partial charge is 0.308 e. The fourth-order valence-electron chi connectivity index (χ4n) is 1.22. The minimum atomic E-state index is 0.448. The molecule has 0 saturated carbocycles. The van der Waals surface area contributed by atoms with Crippen LogP contribution >= 0.6 is 0 Å². The van der Waals surface area contributed by atoms with Gasteiger partial charge in [0.1, 0.15) is 0 Å². The predicted octanol–water partition coefficient (Wildman–Crippen LogP) is 0.622. The summed E-state index contributed by atoms with van der Waals surface area (Å²) in [6, 6.07) is 0.448. The molecule has 0 atom stereocenters. The number of hydrogen-bond donors (Lipinski definition) is 1. The maximum absolute atomic E-state index is 4.08.